The van der Waals surface area contributed by atoms with Gasteiger partial charge in [0.1, 0.15) is 23.1 Å². The van der Waals surface area contributed by atoms with Crippen LogP contribution in [-0.4, -0.2) is 48.2 Å². The number of nitrogens with one attached hydrogen (secondary N) is 1. The van der Waals surface area contributed by atoms with E-state index in [9.17, 15) is 4.79 Å². The lowest BCUT2D eigenvalue weighted by Gasteiger charge is -2.23. The lowest BCUT2D eigenvalue weighted by Crippen LogP contribution is -2.28. The molecule has 3 aromatic rings. The number of carbonyl (C=O) groups is 1. The number of benzene rings is 2. The van der Waals surface area contributed by atoms with Crippen LogP contribution in [0.1, 0.15) is 18.0 Å². The van der Waals surface area contributed by atoms with Gasteiger partial charge in [-0.15, -0.1) is 0 Å². The summed E-state index contributed by atoms with van der Waals surface area (Å²) < 4.78 is 11.0. The summed E-state index contributed by atoms with van der Waals surface area (Å²) in [5.41, 5.74) is 1.12. The van der Waals surface area contributed by atoms with Gasteiger partial charge < -0.3 is 19.9 Å². The summed E-state index contributed by atoms with van der Waals surface area (Å²) in [7, 11) is 3.43. The molecular formula is C24H27N3O4. The Labute approximate surface area is 182 Å². The second kappa shape index (κ2) is 11.0. The molecule has 0 saturated carbocycles. The Morgan fingerprint density at radius 1 is 1.03 bits per heavy atom. The molecule has 7 heteroatoms. The number of ether oxygens (including phenoxy) is 2. The van der Waals surface area contributed by atoms with Gasteiger partial charge in [-0.2, -0.15) is 0 Å². The second-order valence-electron chi connectivity index (χ2n) is 7.18. The first-order valence-electron chi connectivity index (χ1n) is 10.0. The molecule has 0 saturated heterocycles. The zero-order chi connectivity index (χ0) is 22.1. The molecule has 0 amide bonds. The molecule has 0 fully saturated rings. The molecule has 3 rings (SSSR count). The maximum atomic E-state index is 10.9. The Morgan fingerprint density at radius 3 is 2.32 bits per heavy atom. The van der Waals surface area contributed by atoms with Crippen LogP contribution in [0.5, 0.6) is 17.2 Å². The Kier molecular flexibility index (Phi) is 7.84. The summed E-state index contributed by atoms with van der Waals surface area (Å²) in [4.78, 5) is 17.2. The van der Waals surface area contributed by atoms with Crippen molar-refractivity contribution in [1.29, 1.82) is 0 Å². The molecule has 0 aliphatic carbocycles. The highest BCUT2D eigenvalue weighted by atomic mass is 16.5. The molecule has 1 aromatic heterocycles. The summed E-state index contributed by atoms with van der Waals surface area (Å²) in [5, 5.41) is 12.4. The van der Waals surface area contributed by atoms with Crippen molar-refractivity contribution in [2.45, 2.75) is 12.5 Å². The van der Waals surface area contributed by atoms with Crippen LogP contribution >= 0.6 is 0 Å². The number of carboxylic acids is 1. The minimum atomic E-state index is -0.833. The van der Waals surface area contributed by atoms with E-state index in [2.05, 4.69) is 22.4 Å². The third-order valence-electron chi connectivity index (χ3n) is 4.76. The van der Waals surface area contributed by atoms with Crippen LogP contribution in [0.15, 0.2) is 72.9 Å². The maximum Gasteiger partial charge on any atom is 0.317 e. The molecule has 7 nitrogen and oxygen atoms in total. The van der Waals surface area contributed by atoms with Crippen molar-refractivity contribution in [3.05, 3.63) is 78.5 Å². The minimum absolute atomic E-state index is 0.00157. The zero-order valence-corrected chi connectivity index (χ0v) is 17.7. The number of anilines is 1. The van der Waals surface area contributed by atoms with Crippen molar-refractivity contribution in [3.8, 4) is 17.2 Å². The SMILES string of the molecule is COc1ccc(Oc2ccc(NC(CCN(C)CC(=O)O)c3ccccc3)nc2)cc1. The summed E-state index contributed by atoms with van der Waals surface area (Å²) in [6.07, 6.45) is 2.41. The van der Waals surface area contributed by atoms with Gasteiger partial charge in [-0.1, -0.05) is 30.3 Å². The lowest BCUT2D eigenvalue weighted by molar-refractivity contribution is -0.138. The van der Waals surface area contributed by atoms with Crippen LogP contribution in [0.3, 0.4) is 0 Å². The Morgan fingerprint density at radius 2 is 1.71 bits per heavy atom. The fourth-order valence-electron chi connectivity index (χ4n) is 3.15. The van der Waals surface area contributed by atoms with E-state index in [0.717, 1.165) is 23.6 Å². The van der Waals surface area contributed by atoms with E-state index in [1.165, 1.54) is 0 Å². The summed E-state index contributed by atoms with van der Waals surface area (Å²) in [5.74, 6) is 1.99. The number of carboxylic acid groups (broad SMARTS) is 1. The Balaban J connectivity index is 1.65. The van der Waals surface area contributed by atoms with Gasteiger partial charge in [-0.05, 0) is 55.4 Å². The number of aromatic nitrogens is 1. The average Bonchev–Trinajstić information content (AvgIpc) is 2.78. The van der Waals surface area contributed by atoms with E-state index in [0.29, 0.717) is 18.0 Å². The molecular weight excluding hydrogens is 394 g/mol. The van der Waals surface area contributed by atoms with Crippen molar-refractivity contribution in [2.75, 3.05) is 32.6 Å². The highest BCUT2D eigenvalue weighted by Gasteiger charge is 2.14. The topological polar surface area (TPSA) is 83.9 Å². The van der Waals surface area contributed by atoms with Crippen molar-refractivity contribution in [3.63, 3.8) is 0 Å². The smallest absolute Gasteiger partial charge is 0.317 e. The quantitative estimate of drug-likeness (QED) is 0.473. The number of nitrogens with zero attached hydrogens (tertiary/aromatic N) is 2. The molecule has 0 radical (unpaired) electrons. The van der Waals surface area contributed by atoms with Gasteiger partial charge in [-0.3, -0.25) is 9.69 Å². The standard InChI is InChI=1S/C24H27N3O4/c1-27(17-24(28)29)15-14-22(18-6-4-3-5-7-18)26-23-13-12-21(16-25-23)31-20-10-8-19(30-2)9-11-20/h3-13,16,22H,14-15,17H2,1-2H3,(H,25,26)(H,28,29). The maximum absolute atomic E-state index is 10.9. The highest BCUT2D eigenvalue weighted by molar-refractivity contribution is 5.69. The second-order valence-corrected chi connectivity index (χ2v) is 7.18. The zero-order valence-electron chi connectivity index (χ0n) is 17.7. The van der Waals surface area contributed by atoms with Crippen LogP contribution in [0, 0.1) is 0 Å². The first kappa shape index (κ1) is 22.1. The van der Waals surface area contributed by atoms with Gasteiger partial charge in [0.2, 0.25) is 0 Å². The van der Waals surface area contributed by atoms with Gasteiger partial charge >= 0.3 is 5.97 Å². The van der Waals surface area contributed by atoms with E-state index in [-0.39, 0.29) is 12.6 Å². The molecule has 2 N–H and O–H groups in total. The molecule has 0 bridgehead atoms. The molecule has 31 heavy (non-hydrogen) atoms. The third kappa shape index (κ3) is 7.01. The number of likely N-dealkylation sites (N-methyl/N-ethyl adjacent to an activating group) is 1. The first-order valence-corrected chi connectivity index (χ1v) is 10.0. The first-order chi connectivity index (χ1) is 15.0. The van der Waals surface area contributed by atoms with Crippen LogP contribution < -0.4 is 14.8 Å². The van der Waals surface area contributed by atoms with E-state index >= 15 is 0 Å². The van der Waals surface area contributed by atoms with E-state index in [1.807, 2.05) is 54.6 Å². The van der Waals surface area contributed by atoms with E-state index in [1.54, 1.807) is 25.3 Å². The lowest BCUT2D eigenvalue weighted by atomic mass is 10.0. The number of hydrogen-bond acceptors (Lipinski definition) is 6. The van der Waals surface area contributed by atoms with Gasteiger partial charge in [0.05, 0.1) is 25.9 Å². The van der Waals surface area contributed by atoms with Crippen LogP contribution in [0.4, 0.5) is 5.82 Å². The van der Waals surface area contributed by atoms with Gasteiger partial charge in [-0.25, -0.2) is 4.98 Å². The predicted octanol–water partition coefficient (Wildman–Crippen LogP) is 4.44. The summed E-state index contributed by atoms with van der Waals surface area (Å²) in [6.45, 7) is 0.648. The predicted molar refractivity (Wildman–Crippen MR) is 120 cm³/mol. The van der Waals surface area contributed by atoms with E-state index < -0.39 is 5.97 Å². The summed E-state index contributed by atoms with van der Waals surface area (Å²) >= 11 is 0. The fourth-order valence-corrected chi connectivity index (χ4v) is 3.15. The molecule has 0 spiro atoms. The highest BCUT2D eigenvalue weighted by Crippen LogP contribution is 2.26. The Bertz CT molecular complexity index is 947. The average molecular weight is 421 g/mol. The van der Waals surface area contributed by atoms with Crippen molar-refractivity contribution in [2.24, 2.45) is 0 Å². The van der Waals surface area contributed by atoms with Gasteiger partial charge in [0, 0.05) is 6.54 Å². The molecule has 1 unspecified atom stereocenters. The number of methoxy groups -OCH3 is 1. The van der Waals surface area contributed by atoms with Crippen molar-refractivity contribution >= 4 is 11.8 Å². The van der Waals surface area contributed by atoms with Crippen molar-refractivity contribution in [1.82, 2.24) is 9.88 Å². The minimum Gasteiger partial charge on any atom is -0.497 e. The molecule has 0 aliphatic rings. The number of pyridine rings is 1. The van der Waals surface area contributed by atoms with Crippen molar-refractivity contribution < 1.29 is 19.4 Å². The van der Waals surface area contributed by atoms with Crippen LogP contribution in [0.2, 0.25) is 0 Å². The number of hydrogen-bond donors (Lipinski definition) is 2. The Hall–Kier alpha value is -3.58. The third-order valence-corrected chi connectivity index (χ3v) is 4.76. The fraction of sp³-hybridized carbons (Fsp3) is 0.250. The molecule has 0 aliphatic heterocycles. The monoisotopic (exact) mass is 421 g/mol. The molecule has 1 atom stereocenters. The van der Waals surface area contributed by atoms with Crippen LogP contribution in [-0.2, 0) is 4.79 Å². The number of rotatable bonds is 11. The van der Waals surface area contributed by atoms with Gasteiger partial charge in [0.15, 0.2) is 0 Å². The largest absolute Gasteiger partial charge is 0.497 e. The van der Waals surface area contributed by atoms with Crippen LogP contribution in [0.25, 0.3) is 0 Å². The molecule has 2 aromatic carbocycles. The number of aliphatic carboxylic acids is 1. The molecule has 1 heterocycles. The summed E-state index contributed by atoms with van der Waals surface area (Å²) in [6, 6.07) is 21.1. The van der Waals surface area contributed by atoms with E-state index in [4.69, 9.17) is 14.6 Å². The molecule has 162 valence electrons. The van der Waals surface area contributed by atoms with Gasteiger partial charge in [0.25, 0.3) is 0 Å². The normalized spacial score (nSPS) is 11.7.